The molecule has 0 aliphatic heterocycles. The van der Waals surface area contributed by atoms with E-state index in [9.17, 15) is 5.11 Å². The van der Waals surface area contributed by atoms with Crippen LogP contribution in [0.1, 0.15) is 29.6 Å². The average Bonchev–Trinajstić information content (AvgIpc) is 3.27. The molecule has 6 heteroatoms. The summed E-state index contributed by atoms with van der Waals surface area (Å²) >= 11 is 1.40. The standard InChI is InChI=1S/C21H19N3O2S/c1-2-21(25,20-22-9-10-27-20)18-12-19(24-14-23-18)26-13-15-7-8-16-5-3-4-6-17(16)11-15/h3-12,14,25H,2,13H2,1H3. The van der Waals surface area contributed by atoms with Crippen molar-refractivity contribution in [3.63, 3.8) is 0 Å². The predicted molar refractivity (Wildman–Crippen MR) is 106 cm³/mol. The van der Waals surface area contributed by atoms with E-state index >= 15 is 0 Å². The molecule has 0 amide bonds. The van der Waals surface area contributed by atoms with E-state index in [0.717, 1.165) is 5.56 Å². The minimum atomic E-state index is -1.24. The van der Waals surface area contributed by atoms with Crippen LogP contribution in [0, 0.1) is 0 Å². The number of aromatic nitrogens is 3. The average molecular weight is 377 g/mol. The van der Waals surface area contributed by atoms with Gasteiger partial charge in [-0.2, -0.15) is 0 Å². The summed E-state index contributed by atoms with van der Waals surface area (Å²) in [5, 5.41) is 15.9. The molecular formula is C21H19N3O2S. The molecule has 0 fully saturated rings. The van der Waals surface area contributed by atoms with Gasteiger partial charge < -0.3 is 9.84 Å². The highest BCUT2D eigenvalue weighted by atomic mass is 32.1. The fourth-order valence-corrected chi connectivity index (χ4v) is 3.82. The number of aliphatic hydroxyl groups is 1. The molecule has 4 aromatic rings. The third-order valence-corrected chi connectivity index (χ3v) is 5.49. The fourth-order valence-electron chi connectivity index (χ4n) is 3.00. The molecule has 136 valence electrons. The number of hydrogen-bond donors (Lipinski definition) is 1. The summed E-state index contributed by atoms with van der Waals surface area (Å²) < 4.78 is 5.86. The van der Waals surface area contributed by atoms with Crippen LogP contribution in [0.5, 0.6) is 5.88 Å². The minimum Gasteiger partial charge on any atom is -0.473 e. The molecule has 1 unspecified atom stereocenters. The monoisotopic (exact) mass is 377 g/mol. The Morgan fingerprint density at radius 1 is 1.04 bits per heavy atom. The van der Waals surface area contributed by atoms with Crippen molar-refractivity contribution in [1.29, 1.82) is 0 Å². The molecule has 2 aromatic heterocycles. The maximum absolute atomic E-state index is 11.1. The molecule has 0 spiro atoms. The van der Waals surface area contributed by atoms with E-state index in [1.807, 2.05) is 30.5 Å². The lowest BCUT2D eigenvalue weighted by atomic mass is 9.97. The van der Waals surface area contributed by atoms with Crippen molar-refractivity contribution >= 4 is 22.1 Å². The van der Waals surface area contributed by atoms with Crippen LogP contribution < -0.4 is 4.74 Å². The lowest BCUT2D eigenvalue weighted by Crippen LogP contribution is -2.27. The Hall–Kier alpha value is -2.83. The van der Waals surface area contributed by atoms with Crippen LogP contribution in [0.15, 0.2) is 66.4 Å². The van der Waals surface area contributed by atoms with E-state index in [4.69, 9.17) is 4.74 Å². The largest absolute Gasteiger partial charge is 0.473 e. The fraction of sp³-hybridized carbons (Fsp3) is 0.190. The van der Waals surface area contributed by atoms with Crippen LogP contribution in [0.25, 0.3) is 10.8 Å². The van der Waals surface area contributed by atoms with E-state index in [2.05, 4.69) is 39.2 Å². The second-order valence-corrected chi connectivity index (χ2v) is 7.16. The van der Waals surface area contributed by atoms with Gasteiger partial charge in [-0.25, -0.2) is 15.0 Å². The van der Waals surface area contributed by atoms with Gasteiger partial charge in [0.15, 0.2) is 5.60 Å². The Morgan fingerprint density at radius 2 is 1.89 bits per heavy atom. The van der Waals surface area contributed by atoms with Crippen molar-refractivity contribution < 1.29 is 9.84 Å². The molecule has 27 heavy (non-hydrogen) atoms. The van der Waals surface area contributed by atoms with Gasteiger partial charge in [0.2, 0.25) is 5.88 Å². The molecule has 0 bridgehead atoms. The molecule has 0 saturated heterocycles. The summed E-state index contributed by atoms with van der Waals surface area (Å²) in [4.78, 5) is 12.7. The first-order valence-corrected chi connectivity index (χ1v) is 9.62. The molecule has 0 radical (unpaired) electrons. The smallest absolute Gasteiger partial charge is 0.217 e. The lowest BCUT2D eigenvalue weighted by molar-refractivity contribution is 0.0709. The van der Waals surface area contributed by atoms with Gasteiger partial charge in [-0.1, -0.05) is 43.3 Å². The van der Waals surface area contributed by atoms with Crippen molar-refractivity contribution in [3.8, 4) is 5.88 Å². The number of nitrogens with zero attached hydrogens (tertiary/aromatic N) is 3. The quantitative estimate of drug-likeness (QED) is 0.542. The second-order valence-electron chi connectivity index (χ2n) is 6.26. The Balaban J connectivity index is 1.55. The van der Waals surface area contributed by atoms with Gasteiger partial charge in [0.1, 0.15) is 17.9 Å². The van der Waals surface area contributed by atoms with E-state index in [1.165, 1.54) is 28.4 Å². The lowest BCUT2D eigenvalue weighted by Gasteiger charge is -2.23. The summed E-state index contributed by atoms with van der Waals surface area (Å²) in [5.74, 6) is 0.427. The molecule has 1 atom stereocenters. The predicted octanol–water partition coefficient (Wildman–Crippen LogP) is 4.31. The minimum absolute atomic E-state index is 0.392. The van der Waals surface area contributed by atoms with Crippen molar-refractivity contribution in [2.75, 3.05) is 0 Å². The summed E-state index contributed by atoms with van der Waals surface area (Å²) in [5.41, 5.74) is 0.307. The number of benzene rings is 2. The van der Waals surface area contributed by atoms with Crippen molar-refractivity contribution in [3.05, 3.63) is 82.7 Å². The van der Waals surface area contributed by atoms with E-state index in [1.54, 1.807) is 12.3 Å². The summed E-state index contributed by atoms with van der Waals surface area (Å²) in [6.45, 7) is 2.29. The highest BCUT2D eigenvalue weighted by Crippen LogP contribution is 2.33. The van der Waals surface area contributed by atoms with Crippen molar-refractivity contribution in [2.24, 2.45) is 0 Å². The van der Waals surface area contributed by atoms with Gasteiger partial charge >= 0.3 is 0 Å². The number of rotatable bonds is 6. The first-order chi connectivity index (χ1) is 13.2. The van der Waals surface area contributed by atoms with Crippen LogP contribution in [0.2, 0.25) is 0 Å². The number of thiazole rings is 1. The van der Waals surface area contributed by atoms with Gasteiger partial charge in [0.05, 0.1) is 5.69 Å². The van der Waals surface area contributed by atoms with E-state index in [0.29, 0.717) is 29.6 Å². The SMILES string of the molecule is CCC(O)(c1cc(OCc2ccc3ccccc3c2)ncn1)c1nccs1. The highest BCUT2D eigenvalue weighted by molar-refractivity contribution is 7.09. The van der Waals surface area contributed by atoms with Crippen LogP contribution in [0.3, 0.4) is 0 Å². The zero-order valence-corrected chi connectivity index (χ0v) is 15.7. The molecule has 0 saturated carbocycles. The van der Waals surface area contributed by atoms with Gasteiger partial charge in [0, 0.05) is 17.6 Å². The molecule has 0 aliphatic rings. The third kappa shape index (κ3) is 3.54. The summed E-state index contributed by atoms with van der Waals surface area (Å²) in [7, 11) is 0. The zero-order valence-electron chi connectivity index (χ0n) is 14.9. The second kappa shape index (κ2) is 7.42. The number of hydrogen-bond acceptors (Lipinski definition) is 6. The zero-order chi connectivity index (χ0) is 18.7. The third-order valence-electron chi connectivity index (χ3n) is 4.56. The highest BCUT2D eigenvalue weighted by Gasteiger charge is 2.34. The van der Waals surface area contributed by atoms with Crippen LogP contribution in [-0.2, 0) is 12.2 Å². The molecule has 5 nitrogen and oxygen atoms in total. The van der Waals surface area contributed by atoms with Crippen molar-refractivity contribution in [1.82, 2.24) is 15.0 Å². The van der Waals surface area contributed by atoms with Crippen LogP contribution >= 0.6 is 11.3 Å². The first kappa shape index (κ1) is 17.6. The van der Waals surface area contributed by atoms with E-state index in [-0.39, 0.29) is 0 Å². The van der Waals surface area contributed by atoms with Gasteiger partial charge in [-0.05, 0) is 28.8 Å². The van der Waals surface area contributed by atoms with Crippen LogP contribution in [0.4, 0.5) is 0 Å². The topological polar surface area (TPSA) is 68.1 Å². The summed E-state index contributed by atoms with van der Waals surface area (Å²) in [6, 6.07) is 16.1. The summed E-state index contributed by atoms with van der Waals surface area (Å²) in [6.07, 6.45) is 3.56. The Labute approximate surface area is 161 Å². The maximum Gasteiger partial charge on any atom is 0.217 e. The van der Waals surface area contributed by atoms with Crippen LogP contribution in [-0.4, -0.2) is 20.1 Å². The van der Waals surface area contributed by atoms with Gasteiger partial charge in [-0.15, -0.1) is 11.3 Å². The van der Waals surface area contributed by atoms with Gasteiger partial charge in [-0.3, -0.25) is 0 Å². The Kier molecular flexibility index (Phi) is 4.83. The molecule has 2 aromatic carbocycles. The molecule has 2 heterocycles. The molecule has 0 aliphatic carbocycles. The maximum atomic E-state index is 11.1. The van der Waals surface area contributed by atoms with Gasteiger partial charge in [0.25, 0.3) is 0 Å². The first-order valence-electron chi connectivity index (χ1n) is 8.74. The number of ether oxygens (including phenoxy) is 1. The number of fused-ring (bicyclic) bond motifs is 1. The molecular weight excluding hydrogens is 358 g/mol. The van der Waals surface area contributed by atoms with Crippen molar-refractivity contribution in [2.45, 2.75) is 25.6 Å². The normalized spacial score (nSPS) is 13.4. The van der Waals surface area contributed by atoms with E-state index < -0.39 is 5.60 Å². The Bertz CT molecular complexity index is 1050. The Morgan fingerprint density at radius 3 is 2.67 bits per heavy atom. The molecule has 4 rings (SSSR count). The molecule has 1 N–H and O–H groups in total.